The van der Waals surface area contributed by atoms with Crippen LogP contribution >= 0.6 is 0 Å². The molecule has 0 aliphatic carbocycles. The van der Waals surface area contributed by atoms with Crippen molar-refractivity contribution in [1.29, 1.82) is 0 Å². The van der Waals surface area contributed by atoms with Gasteiger partial charge in [-0.2, -0.15) is 0 Å². The minimum Gasteiger partial charge on any atom is -0.323 e. The minimum atomic E-state index is -3.85. The van der Waals surface area contributed by atoms with Gasteiger partial charge in [0.05, 0.1) is 10.6 Å². The van der Waals surface area contributed by atoms with Gasteiger partial charge in [-0.25, -0.2) is 13.1 Å². The number of nitrogens with zero attached hydrogens (tertiary/aromatic N) is 1. The summed E-state index contributed by atoms with van der Waals surface area (Å²) < 4.78 is 26.8. The maximum atomic E-state index is 12.2. The van der Waals surface area contributed by atoms with Gasteiger partial charge in [-0.1, -0.05) is 13.8 Å². The number of nitrogen functional groups attached to an aromatic ring is 1. The van der Waals surface area contributed by atoms with Crippen LogP contribution in [-0.2, 0) is 10.0 Å². The SMILES string of the molecule is CC(C)CCCNS(=O)(=O)c1cc([N+](=O)[O-])ccc1NN. The van der Waals surface area contributed by atoms with Crippen molar-refractivity contribution in [3.05, 3.63) is 28.3 Å². The Balaban J connectivity index is 2.95. The highest BCUT2D eigenvalue weighted by molar-refractivity contribution is 7.89. The van der Waals surface area contributed by atoms with Gasteiger partial charge in [0.15, 0.2) is 0 Å². The summed E-state index contributed by atoms with van der Waals surface area (Å²) in [5, 5.41) is 10.8. The van der Waals surface area contributed by atoms with E-state index >= 15 is 0 Å². The zero-order valence-corrected chi connectivity index (χ0v) is 12.8. The summed E-state index contributed by atoms with van der Waals surface area (Å²) in [6.45, 7) is 4.37. The fourth-order valence-corrected chi connectivity index (χ4v) is 3.02. The van der Waals surface area contributed by atoms with Gasteiger partial charge < -0.3 is 5.43 Å². The Morgan fingerprint density at radius 3 is 2.57 bits per heavy atom. The van der Waals surface area contributed by atoms with Crippen molar-refractivity contribution < 1.29 is 13.3 Å². The van der Waals surface area contributed by atoms with E-state index in [1.807, 2.05) is 13.8 Å². The lowest BCUT2D eigenvalue weighted by atomic mass is 10.1. The van der Waals surface area contributed by atoms with E-state index in [2.05, 4.69) is 10.1 Å². The molecule has 0 heterocycles. The van der Waals surface area contributed by atoms with Crippen molar-refractivity contribution in [3.8, 4) is 0 Å². The van der Waals surface area contributed by atoms with Gasteiger partial charge in [0.1, 0.15) is 4.90 Å². The third-order valence-electron chi connectivity index (χ3n) is 2.87. The van der Waals surface area contributed by atoms with Gasteiger partial charge in [0.25, 0.3) is 5.69 Å². The minimum absolute atomic E-state index is 0.108. The smallest absolute Gasteiger partial charge is 0.270 e. The average molecular weight is 316 g/mol. The fraction of sp³-hybridized carbons (Fsp3) is 0.500. The summed E-state index contributed by atoms with van der Waals surface area (Å²) in [5.41, 5.74) is 2.03. The normalized spacial score (nSPS) is 11.6. The highest BCUT2D eigenvalue weighted by Crippen LogP contribution is 2.25. The Hall–Kier alpha value is -1.71. The van der Waals surface area contributed by atoms with Gasteiger partial charge in [-0.05, 0) is 24.8 Å². The van der Waals surface area contributed by atoms with E-state index in [9.17, 15) is 18.5 Å². The van der Waals surface area contributed by atoms with Gasteiger partial charge in [0, 0.05) is 18.7 Å². The first-order chi connectivity index (χ1) is 9.77. The monoisotopic (exact) mass is 316 g/mol. The molecular weight excluding hydrogens is 296 g/mol. The molecule has 0 amide bonds. The molecule has 8 nitrogen and oxygen atoms in total. The van der Waals surface area contributed by atoms with E-state index in [4.69, 9.17) is 5.84 Å². The molecule has 0 saturated heterocycles. The largest absolute Gasteiger partial charge is 0.323 e. The van der Waals surface area contributed by atoms with Crippen LogP contribution in [0.15, 0.2) is 23.1 Å². The Labute approximate surface area is 123 Å². The molecule has 0 aliphatic heterocycles. The van der Waals surface area contributed by atoms with Crippen LogP contribution in [0.2, 0.25) is 0 Å². The Morgan fingerprint density at radius 1 is 1.38 bits per heavy atom. The molecule has 4 N–H and O–H groups in total. The number of sulfonamides is 1. The number of benzene rings is 1. The van der Waals surface area contributed by atoms with E-state index in [1.165, 1.54) is 12.1 Å². The molecule has 0 radical (unpaired) electrons. The molecule has 1 rings (SSSR count). The van der Waals surface area contributed by atoms with Crippen molar-refractivity contribution in [2.75, 3.05) is 12.0 Å². The number of non-ortho nitro benzene ring substituents is 1. The predicted octanol–water partition coefficient (Wildman–Crippen LogP) is 1.59. The Morgan fingerprint density at radius 2 is 2.05 bits per heavy atom. The molecule has 0 aromatic heterocycles. The number of hydrogen-bond acceptors (Lipinski definition) is 6. The first kappa shape index (κ1) is 17.3. The summed E-state index contributed by atoms with van der Waals surface area (Å²) in [5.74, 6) is 5.74. The predicted molar refractivity (Wildman–Crippen MR) is 80.2 cm³/mol. The van der Waals surface area contributed by atoms with Gasteiger partial charge in [-0.3, -0.25) is 16.0 Å². The third-order valence-corrected chi connectivity index (χ3v) is 4.37. The zero-order valence-electron chi connectivity index (χ0n) is 12.0. The maximum absolute atomic E-state index is 12.2. The summed E-state index contributed by atoms with van der Waals surface area (Å²) in [4.78, 5) is 9.87. The lowest BCUT2D eigenvalue weighted by Crippen LogP contribution is -2.26. The van der Waals surface area contributed by atoms with Crippen LogP contribution in [0.1, 0.15) is 26.7 Å². The van der Waals surface area contributed by atoms with Crippen LogP contribution < -0.4 is 16.0 Å². The third kappa shape index (κ3) is 4.96. The maximum Gasteiger partial charge on any atom is 0.270 e. The van der Waals surface area contributed by atoms with Crippen LogP contribution in [0.4, 0.5) is 11.4 Å². The van der Waals surface area contributed by atoms with Crippen LogP contribution in [0.5, 0.6) is 0 Å². The van der Waals surface area contributed by atoms with Crippen molar-refractivity contribution >= 4 is 21.4 Å². The summed E-state index contributed by atoms with van der Waals surface area (Å²) in [6.07, 6.45) is 1.58. The second-order valence-corrected chi connectivity index (χ2v) is 6.75. The number of nitrogens with one attached hydrogen (secondary N) is 2. The number of anilines is 1. The summed E-state index contributed by atoms with van der Waals surface area (Å²) in [7, 11) is -3.85. The van der Waals surface area contributed by atoms with Crippen LogP contribution in [-0.4, -0.2) is 19.9 Å². The van der Waals surface area contributed by atoms with Gasteiger partial charge >= 0.3 is 0 Å². The molecule has 1 aromatic rings. The topological polar surface area (TPSA) is 127 Å². The van der Waals surface area contributed by atoms with E-state index < -0.39 is 14.9 Å². The molecule has 0 bridgehead atoms. The fourth-order valence-electron chi connectivity index (χ4n) is 1.76. The van der Waals surface area contributed by atoms with Gasteiger partial charge in [0.2, 0.25) is 10.0 Å². The quantitative estimate of drug-likeness (QED) is 0.289. The second kappa shape index (κ2) is 7.34. The molecule has 9 heteroatoms. The van der Waals surface area contributed by atoms with Crippen molar-refractivity contribution in [2.45, 2.75) is 31.6 Å². The van der Waals surface area contributed by atoms with Crippen molar-refractivity contribution in [3.63, 3.8) is 0 Å². The highest BCUT2D eigenvalue weighted by atomic mass is 32.2. The summed E-state index contributed by atoms with van der Waals surface area (Å²) in [6, 6.07) is 3.44. The number of nitro benzene ring substituents is 1. The van der Waals surface area contributed by atoms with E-state index in [-0.39, 0.29) is 22.8 Å². The molecule has 21 heavy (non-hydrogen) atoms. The summed E-state index contributed by atoms with van der Waals surface area (Å²) >= 11 is 0. The van der Waals surface area contributed by atoms with Crippen LogP contribution in [0.3, 0.4) is 0 Å². The molecule has 0 aliphatic rings. The van der Waals surface area contributed by atoms with E-state index in [0.29, 0.717) is 12.3 Å². The first-order valence-corrected chi connectivity index (χ1v) is 8.01. The number of rotatable bonds is 8. The number of nitro groups is 1. The molecule has 118 valence electrons. The van der Waals surface area contributed by atoms with Crippen molar-refractivity contribution in [2.24, 2.45) is 11.8 Å². The highest BCUT2D eigenvalue weighted by Gasteiger charge is 2.21. The average Bonchev–Trinajstić information content (AvgIpc) is 2.42. The molecule has 0 atom stereocenters. The standard InChI is InChI=1S/C12H20N4O4S/c1-9(2)4-3-7-14-21(19,20)12-8-10(16(17)18)5-6-11(12)15-13/h5-6,8-9,14-15H,3-4,7,13H2,1-2H3. The van der Waals surface area contributed by atoms with Crippen LogP contribution in [0, 0.1) is 16.0 Å². The van der Waals surface area contributed by atoms with Gasteiger partial charge in [-0.15, -0.1) is 0 Å². The molecule has 0 unspecified atom stereocenters. The molecule has 0 saturated carbocycles. The van der Waals surface area contributed by atoms with E-state index in [0.717, 1.165) is 12.5 Å². The molecule has 0 spiro atoms. The Bertz CT molecular complexity index is 601. The first-order valence-electron chi connectivity index (χ1n) is 6.52. The molecular formula is C12H20N4O4S. The molecule has 1 aromatic carbocycles. The number of hydrogen-bond donors (Lipinski definition) is 3. The lowest BCUT2D eigenvalue weighted by molar-refractivity contribution is -0.385. The lowest BCUT2D eigenvalue weighted by Gasteiger charge is -2.11. The number of hydrazine groups is 1. The molecule has 0 fully saturated rings. The zero-order chi connectivity index (χ0) is 16.0. The number of nitrogens with two attached hydrogens (primary N) is 1. The van der Waals surface area contributed by atoms with Crippen LogP contribution in [0.25, 0.3) is 0 Å². The van der Waals surface area contributed by atoms with Crippen molar-refractivity contribution in [1.82, 2.24) is 4.72 Å². The Kier molecular flexibility index (Phi) is 6.06. The van der Waals surface area contributed by atoms with E-state index in [1.54, 1.807) is 0 Å². The second-order valence-electron chi connectivity index (χ2n) is 5.02.